The van der Waals surface area contributed by atoms with Gasteiger partial charge < -0.3 is 15.4 Å². The largest absolute Gasteiger partial charge is 0.497 e. The fourth-order valence-electron chi connectivity index (χ4n) is 2.47. The summed E-state index contributed by atoms with van der Waals surface area (Å²) < 4.78 is 6.89. The Morgan fingerprint density at radius 1 is 1.24 bits per heavy atom. The van der Waals surface area contributed by atoms with Gasteiger partial charge in [0.25, 0.3) is 0 Å². The molecule has 3 rings (SSSR count). The van der Waals surface area contributed by atoms with E-state index in [0.717, 1.165) is 32.2 Å². The third-order valence-corrected chi connectivity index (χ3v) is 6.52. The summed E-state index contributed by atoms with van der Waals surface area (Å²) >= 11 is 6.27. The number of hydrogen-bond acceptors (Lipinski definition) is 7. The van der Waals surface area contributed by atoms with E-state index in [-0.39, 0.29) is 11.2 Å². The molecule has 6 nitrogen and oxygen atoms in total. The molecule has 3 aromatic rings. The number of nitrogens with zero attached hydrogens (tertiary/aromatic N) is 2. The molecule has 152 valence electrons. The lowest BCUT2D eigenvalue weighted by molar-refractivity contribution is -0.120. The number of aromatic nitrogens is 2. The maximum Gasteiger partial charge on any atom is 0.233 e. The highest BCUT2D eigenvalue weighted by molar-refractivity contribution is 9.10. The molecule has 0 bridgehead atoms. The number of methoxy groups -OCH3 is 1. The van der Waals surface area contributed by atoms with Crippen molar-refractivity contribution in [1.29, 1.82) is 0 Å². The van der Waals surface area contributed by atoms with E-state index >= 15 is 0 Å². The van der Waals surface area contributed by atoms with Crippen molar-refractivity contribution in [2.24, 2.45) is 0 Å². The molecule has 0 saturated carbocycles. The van der Waals surface area contributed by atoms with Gasteiger partial charge in [0.1, 0.15) is 5.75 Å². The Bertz CT molecular complexity index is 950. The number of carbonyl (C=O) groups is 1. The van der Waals surface area contributed by atoms with E-state index < -0.39 is 0 Å². The summed E-state index contributed by atoms with van der Waals surface area (Å²) in [5, 5.41) is 15.0. The van der Waals surface area contributed by atoms with E-state index in [0.29, 0.717) is 11.7 Å². The molecule has 9 heteroatoms. The fraction of sp³-hybridized carbons (Fsp3) is 0.250. The first-order valence-electron chi connectivity index (χ1n) is 8.97. The quantitative estimate of drug-likeness (QED) is 0.414. The van der Waals surface area contributed by atoms with Gasteiger partial charge in [-0.1, -0.05) is 57.2 Å². The molecule has 0 aliphatic carbocycles. The van der Waals surface area contributed by atoms with Crippen LogP contribution in [0.5, 0.6) is 5.75 Å². The topological polar surface area (TPSA) is 76.1 Å². The second-order valence-electron chi connectivity index (χ2n) is 6.16. The van der Waals surface area contributed by atoms with Crippen molar-refractivity contribution in [2.75, 3.05) is 19.0 Å². The molecule has 0 saturated heterocycles. The number of amides is 1. The van der Waals surface area contributed by atoms with Gasteiger partial charge >= 0.3 is 0 Å². The van der Waals surface area contributed by atoms with Crippen molar-refractivity contribution in [2.45, 2.75) is 22.9 Å². The lowest BCUT2D eigenvalue weighted by Crippen LogP contribution is -2.32. The summed E-state index contributed by atoms with van der Waals surface area (Å²) in [5.74, 6) is 0.814. The van der Waals surface area contributed by atoms with Crippen LogP contribution >= 0.6 is 39.0 Å². The summed E-state index contributed by atoms with van der Waals surface area (Å²) in [6, 6.07) is 15.7. The molecule has 1 amide bonds. The van der Waals surface area contributed by atoms with Gasteiger partial charge in [0.2, 0.25) is 11.0 Å². The van der Waals surface area contributed by atoms with Crippen LogP contribution in [0.4, 0.5) is 10.8 Å². The van der Waals surface area contributed by atoms with Crippen LogP contribution in [-0.4, -0.2) is 35.0 Å². The van der Waals surface area contributed by atoms with Gasteiger partial charge in [-0.15, -0.1) is 10.2 Å². The molecule has 2 N–H and O–H groups in total. The zero-order chi connectivity index (χ0) is 20.6. The standard InChI is InChI=1S/C20H21BrN4O2S2/c1-13(18(26)22-11-10-14-6-8-17(27-2)9-7-14)28-20-25-24-19(29-20)23-16-5-3-4-15(21)12-16/h3-9,12-13H,10-11H2,1-2H3,(H,22,26)(H,23,24). The number of hydrogen-bond donors (Lipinski definition) is 2. The first-order valence-corrected chi connectivity index (χ1v) is 11.5. The van der Waals surface area contributed by atoms with Gasteiger partial charge in [-0.05, 0) is 49.2 Å². The first-order chi connectivity index (χ1) is 14.0. The summed E-state index contributed by atoms with van der Waals surface area (Å²) in [6.45, 7) is 2.46. The molecule has 0 aliphatic heterocycles. The second kappa shape index (κ2) is 10.6. The van der Waals surface area contributed by atoms with E-state index in [1.54, 1.807) is 7.11 Å². The van der Waals surface area contributed by atoms with Crippen LogP contribution < -0.4 is 15.4 Å². The van der Waals surface area contributed by atoms with E-state index in [9.17, 15) is 4.79 Å². The Morgan fingerprint density at radius 2 is 2.03 bits per heavy atom. The Balaban J connectivity index is 1.45. The van der Waals surface area contributed by atoms with Crippen LogP contribution in [0.25, 0.3) is 0 Å². The van der Waals surface area contributed by atoms with Crippen molar-refractivity contribution in [3.05, 3.63) is 58.6 Å². The van der Waals surface area contributed by atoms with Gasteiger partial charge in [0, 0.05) is 16.7 Å². The summed E-state index contributed by atoms with van der Waals surface area (Å²) in [5.41, 5.74) is 2.08. The summed E-state index contributed by atoms with van der Waals surface area (Å²) in [4.78, 5) is 12.4. The van der Waals surface area contributed by atoms with Gasteiger partial charge in [0.05, 0.1) is 12.4 Å². The molecule has 0 fully saturated rings. The van der Waals surface area contributed by atoms with E-state index in [2.05, 4.69) is 36.8 Å². The third-order valence-electron chi connectivity index (χ3n) is 4.00. The van der Waals surface area contributed by atoms with Crippen LogP contribution in [-0.2, 0) is 11.2 Å². The lowest BCUT2D eigenvalue weighted by Gasteiger charge is -2.10. The predicted octanol–water partition coefficient (Wildman–Crippen LogP) is 4.89. The average Bonchev–Trinajstić information content (AvgIpc) is 3.15. The van der Waals surface area contributed by atoms with Gasteiger partial charge in [-0.2, -0.15) is 0 Å². The number of benzene rings is 2. The molecule has 1 heterocycles. The highest BCUT2D eigenvalue weighted by atomic mass is 79.9. The Hall–Kier alpha value is -2.10. The Labute approximate surface area is 186 Å². The normalized spacial score (nSPS) is 11.7. The minimum absolute atomic E-state index is 0.0137. The van der Waals surface area contributed by atoms with Gasteiger partial charge in [0.15, 0.2) is 4.34 Å². The van der Waals surface area contributed by atoms with Crippen molar-refractivity contribution in [3.63, 3.8) is 0 Å². The molecule has 1 atom stereocenters. The highest BCUT2D eigenvalue weighted by Crippen LogP contribution is 2.30. The fourth-order valence-corrected chi connectivity index (χ4v) is 4.81. The van der Waals surface area contributed by atoms with Crippen molar-refractivity contribution < 1.29 is 9.53 Å². The Morgan fingerprint density at radius 3 is 2.76 bits per heavy atom. The smallest absolute Gasteiger partial charge is 0.233 e. The molecule has 2 aromatic carbocycles. The molecule has 29 heavy (non-hydrogen) atoms. The minimum Gasteiger partial charge on any atom is -0.497 e. The van der Waals surface area contributed by atoms with Crippen molar-refractivity contribution in [3.8, 4) is 5.75 Å². The second-order valence-corrected chi connectivity index (χ2v) is 9.64. The number of anilines is 2. The minimum atomic E-state index is -0.252. The molecule has 0 aliphatic rings. The van der Waals surface area contributed by atoms with E-state index in [1.807, 2.05) is 55.5 Å². The molecule has 1 unspecified atom stereocenters. The molecular formula is C20H21BrN4O2S2. The van der Waals surface area contributed by atoms with Crippen LogP contribution in [0.1, 0.15) is 12.5 Å². The van der Waals surface area contributed by atoms with Gasteiger partial charge in [-0.3, -0.25) is 4.79 Å². The monoisotopic (exact) mass is 492 g/mol. The van der Waals surface area contributed by atoms with Crippen molar-refractivity contribution in [1.82, 2.24) is 15.5 Å². The van der Waals surface area contributed by atoms with Crippen molar-refractivity contribution >= 4 is 55.8 Å². The maximum absolute atomic E-state index is 12.4. The predicted molar refractivity (Wildman–Crippen MR) is 122 cm³/mol. The Kier molecular flexibility index (Phi) is 7.91. The van der Waals surface area contributed by atoms with E-state index in [4.69, 9.17) is 4.74 Å². The number of ether oxygens (including phenoxy) is 1. The molecule has 0 radical (unpaired) electrons. The zero-order valence-electron chi connectivity index (χ0n) is 16.0. The number of thioether (sulfide) groups is 1. The van der Waals surface area contributed by atoms with Crippen LogP contribution in [0, 0.1) is 0 Å². The van der Waals surface area contributed by atoms with Crippen LogP contribution in [0.3, 0.4) is 0 Å². The number of rotatable bonds is 9. The number of carbonyl (C=O) groups excluding carboxylic acids is 1. The number of nitrogens with one attached hydrogen (secondary N) is 2. The zero-order valence-corrected chi connectivity index (χ0v) is 19.2. The first kappa shape index (κ1) is 21.6. The SMILES string of the molecule is COc1ccc(CCNC(=O)C(C)Sc2nnc(Nc3cccc(Br)c3)s2)cc1. The molecule has 1 aromatic heterocycles. The van der Waals surface area contributed by atoms with Crippen LogP contribution in [0.15, 0.2) is 57.3 Å². The third kappa shape index (κ3) is 6.73. The van der Waals surface area contributed by atoms with E-state index in [1.165, 1.54) is 23.1 Å². The van der Waals surface area contributed by atoms with Gasteiger partial charge in [-0.25, -0.2) is 0 Å². The van der Waals surface area contributed by atoms with Crippen LogP contribution in [0.2, 0.25) is 0 Å². The summed E-state index contributed by atoms with van der Waals surface area (Å²) in [6.07, 6.45) is 0.770. The maximum atomic E-state index is 12.4. The highest BCUT2D eigenvalue weighted by Gasteiger charge is 2.17. The molecular weight excluding hydrogens is 472 g/mol. The average molecular weight is 493 g/mol. The molecule has 0 spiro atoms. The number of halogens is 1. The summed E-state index contributed by atoms with van der Waals surface area (Å²) in [7, 11) is 1.64. The lowest BCUT2D eigenvalue weighted by atomic mass is 10.1.